The van der Waals surface area contributed by atoms with Crippen molar-refractivity contribution < 1.29 is 0 Å². The van der Waals surface area contributed by atoms with E-state index in [1.54, 1.807) is 0 Å². The molecule has 2 aromatic heterocycles. The van der Waals surface area contributed by atoms with Gasteiger partial charge in [-0.2, -0.15) is 16.9 Å². The van der Waals surface area contributed by atoms with Gasteiger partial charge in [-0.3, -0.25) is 9.25 Å². The predicted molar refractivity (Wildman–Crippen MR) is 89.7 cm³/mol. The van der Waals surface area contributed by atoms with Crippen molar-refractivity contribution in [3.8, 4) is 0 Å². The first-order valence-electron chi connectivity index (χ1n) is 7.87. The lowest BCUT2D eigenvalue weighted by Crippen LogP contribution is -2.22. The normalized spacial score (nSPS) is 23.0. The van der Waals surface area contributed by atoms with E-state index in [0.29, 0.717) is 12.0 Å². The third-order valence-corrected chi connectivity index (χ3v) is 5.64. The molecule has 1 saturated carbocycles. The molecule has 0 radical (unpaired) electrons. The second-order valence-electron chi connectivity index (χ2n) is 6.01. The Morgan fingerprint density at radius 1 is 1.38 bits per heavy atom. The van der Waals surface area contributed by atoms with Gasteiger partial charge in [0.15, 0.2) is 5.65 Å². The van der Waals surface area contributed by atoms with Crippen LogP contribution in [0, 0.1) is 0 Å². The Bertz CT molecular complexity index is 630. The van der Waals surface area contributed by atoms with Gasteiger partial charge >= 0.3 is 0 Å². The minimum atomic E-state index is 0.464. The average molecular weight is 307 g/mol. The number of aryl methyl sites for hydroxylation is 2. The van der Waals surface area contributed by atoms with E-state index in [9.17, 15) is 0 Å². The molecule has 3 rings (SSSR count). The summed E-state index contributed by atoms with van der Waals surface area (Å²) in [5, 5.41) is 5.39. The molecule has 1 fully saturated rings. The lowest BCUT2D eigenvalue weighted by molar-refractivity contribution is 0.367. The number of thioether (sulfide) groups is 1. The van der Waals surface area contributed by atoms with Crippen molar-refractivity contribution in [3.05, 3.63) is 5.69 Å². The first-order valence-corrected chi connectivity index (χ1v) is 9.16. The van der Waals surface area contributed by atoms with Crippen molar-refractivity contribution in [1.29, 1.82) is 0 Å². The Kier molecular flexibility index (Phi) is 4.15. The van der Waals surface area contributed by atoms with Crippen LogP contribution in [-0.2, 0) is 13.5 Å². The summed E-state index contributed by atoms with van der Waals surface area (Å²) in [6, 6.07) is 0.464. The smallest absolute Gasteiger partial charge is 0.202 e. The zero-order chi connectivity index (χ0) is 15.0. The van der Waals surface area contributed by atoms with Gasteiger partial charge in [0.2, 0.25) is 5.95 Å². The van der Waals surface area contributed by atoms with Crippen LogP contribution in [0.25, 0.3) is 11.2 Å². The van der Waals surface area contributed by atoms with Crippen molar-refractivity contribution in [2.45, 2.75) is 56.7 Å². The molecule has 0 spiro atoms. The van der Waals surface area contributed by atoms with Crippen molar-refractivity contribution in [2.24, 2.45) is 7.05 Å². The van der Waals surface area contributed by atoms with Gasteiger partial charge in [0, 0.05) is 18.3 Å². The molecule has 21 heavy (non-hydrogen) atoms. The molecule has 1 aliphatic carbocycles. The van der Waals surface area contributed by atoms with Crippen LogP contribution in [0.4, 0.5) is 5.95 Å². The summed E-state index contributed by atoms with van der Waals surface area (Å²) < 4.78 is 4.20. The van der Waals surface area contributed by atoms with E-state index in [1.807, 2.05) is 23.5 Å². The highest BCUT2D eigenvalue weighted by Gasteiger charge is 2.27. The second-order valence-corrected chi connectivity index (χ2v) is 7.15. The summed E-state index contributed by atoms with van der Waals surface area (Å²) >= 11 is 1.98. The largest absolute Gasteiger partial charge is 0.369 e. The fourth-order valence-electron chi connectivity index (χ4n) is 3.55. The maximum absolute atomic E-state index is 6.25. The molecule has 0 bridgehead atoms. The van der Waals surface area contributed by atoms with Gasteiger partial charge in [0.25, 0.3) is 0 Å². The van der Waals surface area contributed by atoms with Crippen molar-refractivity contribution in [1.82, 2.24) is 19.3 Å². The summed E-state index contributed by atoms with van der Waals surface area (Å²) in [6.07, 6.45) is 9.23. The van der Waals surface area contributed by atoms with Crippen LogP contribution in [0.5, 0.6) is 0 Å². The molecule has 2 N–H and O–H groups in total. The topological polar surface area (TPSA) is 61.7 Å². The molecule has 0 aliphatic heterocycles. The summed E-state index contributed by atoms with van der Waals surface area (Å²) in [6.45, 7) is 2.17. The minimum absolute atomic E-state index is 0.464. The number of hydrogen-bond acceptors (Lipinski definition) is 4. The molecule has 5 nitrogen and oxygen atoms in total. The molecule has 2 aromatic rings. The summed E-state index contributed by atoms with van der Waals surface area (Å²) in [7, 11) is 2.01. The van der Waals surface area contributed by atoms with Crippen molar-refractivity contribution in [2.75, 3.05) is 12.0 Å². The number of hydrogen-bond donors (Lipinski definition) is 1. The predicted octanol–water partition coefficient (Wildman–Crippen LogP) is 3.15. The fourth-order valence-corrected chi connectivity index (χ4v) is 4.37. The van der Waals surface area contributed by atoms with Crippen molar-refractivity contribution in [3.63, 3.8) is 0 Å². The van der Waals surface area contributed by atoms with Gasteiger partial charge in [-0.1, -0.05) is 19.8 Å². The highest BCUT2D eigenvalue weighted by molar-refractivity contribution is 7.99. The Morgan fingerprint density at radius 2 is 2.19 bits per heavy atom. The molecule has 2 atom stereocenters. The number of fused-ring (bicyclic) bond motifs is 1. The summed E-state index contributed by atoms with van der Waals surface area (Å²) in [5.74, 6) is 0.655. The number of nitrogens with zero attached hydrogens (tertiary/aromatic N) is 4. The number of nitrogens with two attached hydrogens (primary N) is 1. The lowest BCUT2D eigenvalue weighted by Gasteiger charge is -2.29. The van der Waals surface area contributed by atoms with Crippen LogP contribution in [0.3, 0.4) is 0 Å². The zero-order valence-corrected chi connectivity index (χ0v) is 14.0. The Morgan fingerprint density at radius 3 is 2.90 bits per heavy atom. The van der Waals surface area contributed by atoms with Gasteiger partial charge in [0.05, 0.1) is 5.69 Å². The van der Waals surface area contributed by atoms with Gasteiger partial charge < -0.3 is 5.73 Å². The number of aromatic nitrogens is 4. The van der Waals surface area contributed by atoms with E-state index in [-0.39, 0.29) is 0 Å². The molecule has 116 valence electrons. The SMILES string of the molecule is CCCc1nn(C)c2c1nc(N)n2C1CCCC(SC)C1. The van der Waals surface area contributed by atoms with Crippen LogP contribution in [0.15, 0.2) is 0 Å². The number of rotatable bonds is 4. The lowest BCUT2D eigenvalue weighted by atomic mass is 9.95. The number of nitrogen functional groups attached to an aromatic ring is 1. The minimum Gasteiger partial charge on any atom is -0.369 e. The monoisotopic (exact) mass is 307 g/mol. The highest BCUT2D eigenvalue weighted by atomic mass is 32.2. The van der Waals surface area contributed by atoms with Gasteiger partial charge in [-0.25, -0.2) is 4.98 Å². The third kappa shape index (κ3) is 2.54. The fraction of sp³-hybridized carbons (Fsp3) is 0.733. The van der Waals surface area contributed by atoms with E-state index in [1.165, 1.54) is 25.7 Å². The quantitative estimate of drug-likeness (QED) is 0.942. The molecule has 2 heterocycles. The van der Waals surface area contributed by atoms with E-state index < -0.39 is 0 Å². The van der Waals surface area contributed by atoms with Gasteiger partial charge in [0.1, 0.15) is 5.52 Å². The van der Waals surface area contributed by atoms with E-state index in [2.05, 4.69) is 27.8 Å². The van der Waals surface area contributed by atoms with Crippen LogP contribution in [0.1, 0.15) is 50.8 Å². The molecule has 0 aromatic carbocycles. The standard InChI is InChI=1S/C15H25N5S/c1-4-6-12-13-14(19(2)18-12)20(15(16)17-13)10-7-5-8-11(9-10)21-3/h10-11H,4-9H2,1-3H3,(H2,16,17). The molecule has 1 aliphatic rings. The molecule has 0 amide bonds. The van der Waals surface area contributed by atoms with Crippen LogP contribution < -0.4 is 5.73 Å². The number of anilines is 1. The summed E-state index contributed by atoms with van der Waals surface area (Å²) in [4.78, 5) is 4.63. The molecular formula is C15H25N5S. The molecular weight excluding hydrogens is 282 g/mol. The van der Waals surface area contributed by atoms with Crippen LogP contribution in [0.2, 0.25) is 0 Å². The average Bonchev–Trinajstić information content (AvgIpc) is 2.97. The maximum Gasteiger partial charge on any atom is 0.202 e. The summed E-state index contributed by atoms with van der Waals surface area (Å²) in [5.41, 5.74) is 9.44. The Balaban J connectivity index is 2.03. The first kappa shape index (κ1) is 14.8. The molecule has 6 heteroatoms. The van der Waals surface area contributed by atoms with E-state index >= 15 is 0 Å². The third-order valence-electron chi connectivity index (χ3n) is 4.55. The molecule has 2 unspecified atom stereocenters. The molecule has 0 saturated heterocycles. The van der Waals surface area contributed by atoms with E-state index in [4.69, 9.17) is 5.73 Å². The van der Waals surface area contributed by atoms with Crippen LogP contribution in [-0.4, -0.2) is 30.8 Å². The first-order chi connectivity index (χ1) is 10.2. The van der Waals surface area contributed by atoms with Gasteiger partial charge in [-0.05, 0) is 31.9 Å². The maximum atomic E-state index is 6.25. The van der Waals surface area contributed by atoms with Crippen molar-refractivity contribution >= 4 is 28.9 Å². The van der Waals surface area contributed by atoms with Gasteiger partial charge in [-0.15, -0.1) is 0 Å². The van der Waals surface area contributed by atoms with Crippen LogP contribution >= 0.6 is 11.8 Å². The highest BCUT2D eigenvalue weighted by Crippen LogP contribution is 2.37. The Hall–Kier alpha value is -1.17. The number of imidazole rings is 1. The van der Waals surface area contributed by atoms with E-state index in [0.717, 1.165) is 34.9 Å². The second kappa shape index (κ2) is 5.91. The zero-order valence-electron chi connectivity index (χ0n) is 13.2. The Labute approximate surface area is 130 Å².